The van der Waals surface area contributed by atoms with Crippen LogP contribution in [0, 0.1) is 0 Å². The van der Waals surface area contributed by atoms with Gasteiger partial charge < -0.3 is 4.74 Å². The fourth-order valence-electron chi connectivity index (χ4n) is 9.66. The van der Waals surface area contributed by atoms with Gasteiger partial charge in [-0.05, 0) is 118 Å². The van der Waals surface area contributed by atoms with Crippen LogP contribution in [0.25, 0.3) is 76.8 Å². The number of hydrogen-bond acceptors (Lipinski definition) is 1. The first kappa shape index (κ1) is 26.5. The topological polar surface area (TPSA) is 9.23 Å². The number of rotatable bonds is 1. The molecule has 0 N–H and O–H groups in total. The van der Waals surface area contributed by atoms with Crippen molar-refractivity contribution in [3.8, 4) is 56.0 Å². The second-order valence-corrected chi connectivity index (χ2v) is 14.0. The molecular formula is C49H28O. The Labute approximate surface area is 289 Å². The standard InChI is InChI=1S/C49H28O/c1-2-12-32-28-43-39(26-31(32)11-1)48-34-15-4-3-10-29(34)22-24-42(48)49(43)40-19-6-5-16-37(40)47-35(17-9-20-41(47)49)33-23-25-44-38(27-33)36-18-7-13-30-14-8-21-45(50-44)46(30)36/h1-28H. The Morgan fingerprint density at radius 2 is 1.02 bits per heavy atom. The average Bonchev–Trinajstić information content (AvgIpc) is 3.64. The van der Waals surface area contributed by atoms with E-state index in [0.717, 1.165) is 17.1 Å². The van der Waals surface area contributed by atoms with Gasteiger partial charge in [-0.2, -0.15) is 0 Å². The first-order chi connectivity index (χ1) is 24.8. The van der Waals surface area contributed by atoms with Gasteiger partial charge in [-0.25, -0.2) is 0 Å². The molecule has 9 aromatic rings. The van der Waals surface area contributed by atoms with Crippen LogP contribution in [-0.2, 0) is 5.41 Å². The Morgan fingerprint density at radius 1 is 0.340 bits per heavy atom. The molecule has 0 saturated carbocycles. The lowest BCUT2D eigenvalue weighted by atomic mass is 9.70. The van der Waals surface area contributed by atoms with Crippen LogP contribution >= 0.6 is 0 Å². The fraction of sp³-hybridized carbons (Fsp3) is 0.0204. The zero-order chi connectivity index (χ0) is 32.6. The third-order valence-corrected chi connectivity index (χ3v) is 11.6. The van der Waals surface area contributed by atoms with Gasteiger partial charge in [0.05, 0.1) is 5.41 Å². The normalized spacial score (nSPS) is 15.8. The molecule has 2 aliphatic carbocycles. The van der Waals surface area contributed by atoms with Crippen LogP contribution in [0.15, 0.2) is 170 Å². The van der Waals surface area contributed by atoms with Crippen molar-refractivity contribution in [3.05, 3.63) is 192 Å². The molecular weight excluding hydrogens is 605 g/mol. The molecule has 0 bridgehead atoms. The number of hydrogen-bond donors (Lipinski definition) is 0. The summed E-state index contributed by atoms with van der Waals surface area (Å²) in [6.45, 7) is 0. The Balaban J connectivity index is 1.18. The highest BCUT2D eigenvalue weighted by Crippen LogP contribution is 2.65. The van der Waals surface area contributed by atoms with E-state index in [1.165, 1.54) is 93.5 Å². The van der Waals surface area contributed by atoms with E-state index < -0.39 is 5.41 Å². The van der Waals surface area contributed by atoms with E-state index in [-0.39, 0.29) is 0 Å². The van der Waals surface area contributed by atoms with E-state index in [1.54, 1.807) is 0 Å². The summed E-state index contributed by atoms with van der Waals surface area (Å²) in [5, 5.41) is 7.51. The molecule has 230 valence electrons. The highest BCUT2D eigenvalue weighted by molar-refractivity contribution is 6.10. The third kappa shape index (κ3) is 3.18. The van der Waals surface area contributed by atoms with Crippen molar-refractivity contribution in [1.29, 1.82) is 0 Å². The molecule has 1 heterocycles. The molecule has 1 unspecified atom stereocenters. The van der Waals surface area contributed by atoms with Gasteiger partial charge in [0, 0.05) is 10.9 Å². The highest BCUT2D eigenvalue weighted by atomic mass is 16.5. The van der Waals surface area contributed by atoms with E-state index >= 15 is 0 Å². The van der Waals surface area contributed by atoms with Crippen molar-refractivity contribution < 1.29 is 4.74 Å². The summed E-state index contributed by atoms with van der Waals surface area (Å²) in [7, 11) is 0. The van der Waals surface area contributed by atoms with Gasteiger partial charge in [0.2, 0.25) is 0 Å². The summed E-state index contributed by atoms with van der Waals surface area (Å²) >= 11 is 0. The Kier molecular flexibility index (Phi) is 4.97. The van der Waals surface area contributed by atoms with Gasteiger partial charge >= 0.3 is 0 Å². The molecule has 1 aliphatic heterocycles. The van der Waals surface area contributed by atoms with Gasteiger partial charge in [-0.1, -0.05) is 140 Å². The van der Waals surface area contributed by atoms with Crippen molar-refractivity contribution in [2.75, 3.05) is 0 Å². The number of benzene rings is 9. The minimum atomic E-state index is -0.442. The fourth-order valence-corrected chi connectivity index (χ4v) is 9.66. The summed E-state index contributed by atoms with van der Waals surface area (Å²) in [6, 6.07) is 63.1. The third-order valence-electron chi connectivity index (χ3n) is 11.6. The van der Waals surface area contributed by atoms with Gasteiger partial charge in [0.1, 0.15) is 11.5 Å². The van der Waals surface area contributed by atoms with E-state index in [9.17, 15) is 0 Å². The maximum atomic E-state index is 6.51. The average molecular weight is 633 g/mol. The Bertz CT molecular complexity index is 2960. The van der Waals surface area contributed by atoms with Crippen LogP contribution in [-0.4, -0.2) is 0 Å². The van der Waals surface area contributed by atoms with Crippen molar-refractivity contribution >= 4 is 32.3 Å². The van der Waals surface area contributed by atoms with Gasteiger partial charge in [0.25, 0.3) is 0 Å². The SMILES string of the molecule is c1ccc2c(c1)-c1c(-c3ccc4c(c3)-c3cccc5cccc(c35)O4)cccc1C21c2cc3ccccc3cc2-c2c1ccc1ccccc21. The number of ether oxygens (including phenoxy) is 1. The van der Waals surface area contributed by atoms with Crippen molar-refractivity contribution in [1.82, 2.24) is 0 Å². The first-order valence-electron chi connectivity index (χ1n) is 17.4. The van der Waals surface area contributed by atoms with E-state index in [4.69, 9.17) is 4.74 Å². The predicted octanol–water partition coefficient (Wildman–Crippen LogP) is 12.9. The molecule has 1 nitrogen and oxygen atoms in total. The lowest BCUT2D eigenvalue weighted by Crippen LogP contribution is -2.25. The molecule has 0 radical (unpaired) electrons. The maximum Gasteiger partial charge on any atom is 0.135 e. The number of fused-ring (bicyclic) bond motifs is 15. The maximum absolute atomic E-state index is 6.51. The summed E-state index contributed by atoms with van der Waals surface area (Å²) in [6.07, 6.45) is 0. The molecule has 0 fully saturated rings. The van der Waals surface area contributed by atoms with Crippen LogP contribution in [0.1, 0.15) is 22.3 Å². The van der Waals surface area contributed by atoms with Gasteiger partial charge in [-0.3, -0.25) is 0 Å². The summed E-state index contributed by atoms with van der Waals surface area (Å²) in [5.41, 5.74) is 15.1. The molecule has 50 heavy (non-hydrogen) atoms. The highest BCUT2D eigenvalue weighted by Gasteiger charge is 2.52. The predicted molar refractivity (Wildman–Crippen MR) is 206 cm³/mol. The van der Waals surface area contributed by atoms with Crippen LogP contribution < -0.4 is 4.74 Å². The molecule has 0 amide bonds. The van der Waals surface area contributed by atoms with Gasteiger partial charge in [-0.15, -0.1) is 0 Å². The van der Waals surface area contributed by atoms with Crippen LogP contribution in [0.4, 0.5) is 0 Å². The summed E-state index contributed by atoms with van der Waals surface area (Å²) in [4.78, 5) is 0. The molecule has 12 rings (SSSR count). The lowest BCUT2D eigenvalue weighted by molar-refractivity contribution is 0.487. The minimum Gasteiger partial charge on any atom is -0.456 e. The van der Waals surface area contributed by atoms with Crippen molar-refractivity contribution in [3.63, 3.8) is 0 Å². The Morgan fingerprint density at radius 3 is 1.94 bits per heavy atom. The van der Waals surface area contributed by atoms with Gasteiger partial charge in [0.15, 0.2) is 0 Å². The van der Waals surface area contributed by atoms with Crippen LogP contribution in [0.2, 0.25) is 0 Å². The zero-order valence-electron chi connectivity index (χ0n) is 27.1. The molecule has 3 aliphatic rings. The van der Waals surface area contributed by atoms with Crippen molar-refractivity contribution in [2.45, 2.75) is 5.41 Å². The summed E-state index contributed by atoms with van der Waals surface area (Å²) < 4.78 is 6.51. The quantitative estimate of drug-likeness (QED) is 0.175. The van der Waals surface area contributed by atoms with E-state index in [1.807, 2.05) is 0 Å². The summed E-state index contributed by atoms with van der Waals surface area (Å²) in [5.74, 6) is 1.83. The van der Waals surface area contributed by atoms with Crippen molar-refractivity contribution in [2.24, 2.45) is 0 Å². The van der Waals surface area contributed by atoms with E-state index in [0.29, 0.717) is 0 Å². The second kappa shape index (κ2) is 9.37. The zero-order valence-corrected chi connectivity index (χ0v) is 27.1. The molecule has 1 heteroatoms. The van der Waals surface area contributed by atoms with Crippen LogP contribution in [0.5, 0.6) is 11.5 Å². The Hall–Kier alpha value is -6.44. The van der Waals surface area contributed by atoms with E-state index in [2.05, 4.69) is 170 Å². The van der Waals surface area contributed by atoms with Crippen LogP contribution in [0.3, 0.4) is 0 Å². The molecule has 9 aromatic carbocycles. The second-order valence-electron chi connectivity index (χ2n) is 14.0. The molecule has 0 saturated heterocycles. The molecule has 1 atom stereocenters. The smallest absolute Gasteiger partial charge is 0.135 e. The monoisotopic (exact) mass is 632 g/mol. The molecule has 1 spiro atoms. The largest absolute Gasteiger partial charge is 0.456 e. The molecule has 0 aromatic heterocycles. The first-order valence-corrected chi connectivity index (χ1v) is 17.4. The lowest BCUT2D eigenvalue weighted by Gasteiger charge is -2.31. The minimum absolute atomic E-state index is 0.442.